The second-order valence-corrected chi connectivity index (χ2v) is 7.25. The number of hydrogen-bond donors (Lipinski definition) is 2. The van der Waals surface area contributed by atoms with Gasteiger partial charge < -0.3 is 5.32 Å². The lowest BCUT2D eigenvalue weighted by molar-refractivity contribution is 0.562. The number of rotatable bonds is 8. The van der Waals surface area contributed by atoms with Crippen LogP contribution in [-0.4, -0.2) is 27.3 Å². The summed E-state index contributed by atoms with van der Waals surface area (Å²) in [6.07, 6.45) is 1.00. The molecule has 2 N–H and O–H groups in total. The van der Waals surface area contributed by atoms with Gasteiger partial charge in [-0.2, -0.15) is 0 Å². The van der Waals surface area contributed by atoms with Gasteiger partial charge in [-0.15, -0.1) is 0 Å². The highest BCUT2D eigenvalue weighted by Crippen LogP contribution is 2.17. The molecule has 0 spiro atoms. The number of hydrogen-bond acceptors (Lipinski definition) is 3. The molecular weight excluding hydrogens is 328 g/mol. The maximum Gasteiger partial charge on any atom is 0.213 e. The topological polar surface area (TPSA) is 58.2 Å². The van der Waals surface area contributed by atoms with Crippen molar-refractivity contribution >= 4 is 26.0 Å². The van der Waals surface area contributed by atoms with Crippen LogP contribution in [0.15, 0.2) is 28.7 Å². The molecule has 1 atom stereocenters. The Balaban J connectivity index is 2.50. The fourth-order valence-electron chi connectivity index (χ4n) is 1.66. The van der Waals surface area contributed by atoms with E-state index in [-0.39, 0.29) is 11.8 Å². The van der Waals surface area contributed by atoms with Gasteiger partial charge in [-0.05, 0) is 37.6 Å². The van der Waals surface area contributed by atoms with Gasteiger partial charge in [0, 0.05) is 17.1 Å². The Morgan fingerprint density at radius 1 is 1.21 bits per heavy atom. The van der Waals surface area contributed by atoms with Crippen molar-refractivity contribution in [3.63, 3.8) is 0 Å². The zero-order chi connectivity index (χ0) is 14.3. The van der Waals surface area contributed by atoms with E-state index in [4.69, 9.17) is 0 Å². The fraction of sp³-hybridized carbons (Fsp3) is 0.538. The third-order valence-corrected chi connectivity index (χ3v) is 4.68. The van der Waals surface area contributed by atoms with Gasteiger partial charge in [0.25, 0.3) is 0 Å². The molecule has 0 aliphatic rings. The van der Waals surface area contributed by atoms with Gasteiger partial charge in [0.05, 0.1) is 5.75 Å². The number of nitrogens with one attached hydrogen (secondary N) is 2. The van der Waals surface area contributed by atoms with Crippen LogP contribution in [-0.2, 0) is 10.0 Å². The lowest BCUT2D eigenvalue weighted by Gasteiger charge is -2.15. The van der Waals surface area contributed by atoms with Crippen molar-refractivity contribution in [2.24, 2.45) is 0 Å². The Bertz CT molecular complexity index is 474. The molecule has 0 saturated carbocycles. The van der Waals surface area contributed by atoms with E-state index in [1.54, 1.807) is 0 Å². The molecular formula is C13H21BrN2O2S. The summed E-state index contributed by atoms with van der Waals surface area (Å²) in [7, 11) is -3.24. The van der Waals surface area contributed by atoms with Crippen LogP contribution in [0.5, 0.6) is 0 Å². The van der Waals surface area contributed by atoms with Gasteiger partial charge in [-0.3, -0.25) is 0 Å². The summed E-state index contributed by atoms with van der Waals surface area (Å²) in [4.78, 5) is 0. The fourth-order valence-corrected chi connectivity index (χ4v) is 3.13. The van der Waals surface area contributed by atoms with Crippen LogP contribution in [0.2, 0.25) is 0 Å². The third-order valence-electron chi connectivity index (χ3n) is 2.70. The Hall–Kier alpha value is -0.430. The van der Waals surface area contributed by atoms with Crippen LogP contribution in [0, 0.1) is 0 Å². The van der Waals surface area contributed by atoms with Crippen molar-refractivity contribution in [3.8, 4) is 0 Å². The quantitative estimate of drug-likeness (QED) is 0.709. The Morgan fingerprint density at radius 2 is 1.84 bits per heavy atom. The van der Waals surface area contributed by atoms with Crippen molar-refractivity contribution in [1.82, 2.24) is 10.0 Å². The molecule has 0 aliphatic carbocycles. The van der Waals surface area contributed by atoms with Crippen molar-refractivity contribution < 1.29 is 8.42 Å². The minimum absolute atomic E-state index is 0.105. The first kappa shape index (κ1) is 16.6. The molecule has 1 aromatic rings. The normalized spacial score (nSPS) is 13.4. The number of sulfonamides is 1. The average molecular weight is 349 g/mol. The maximum absolute atomic E-state index is 11.9. The van der Waals surface area contributed by atoms with E-state index < -0.39 is 10.0 Å². The summed E-state index contributed by atoms with van der Waals surface area (Å²) in [6.45, 7) is 5.23. The summed E-state index contributed by atoms with van der Waals surface area (Å²) in [6, 6.07) is 7.41. The van der Waals surface area contributed by atoms with Crippen LogP contribution in [0.1, 0.15) is 31.9 Å². The molecule has 6 heteroatoms. The van der Waals surface area contributed by atoms with Crippen LogP contribution in [0.4, 0.5) is 0 Å². The standard InChI is InChI=1S/C13H21BrN2O2S/c1-3-8-15-9-10-19(17,18)16-11(2)12-4-6-13(14)7-5-12/h4-7,11,15-16H,3,8-10H2,1-2H3. The minimum atomic E-state index is -3.24. The Kier molecular flexibility index (Phi) is 6.99. The lowest BCUT2D eigenvalue weighted by Crippen LogP contribution is -2.33. The predicted octanol–water partition coefficient (Wildman–Crippen LogP) is 2.43. The monoisotopic (exact) mass is 348 g/mol. The SMILES string of the molecule is CCCNCCS(=O)(=O)NC(C)c1ccc(Br)cc1. The lowest BCUT2D eigenvalue weighted by atomic mass is 10.1. The minimum Gasteiger partial charge on any atom is -0.316 e. The highest BCUT2D eigenvalue weighted by Gasteiger charge is 2.15. The molecule has 1 unspecified atom stereocenters. The highest BCUT2D eigenvalue weighted by molar-refractivity contribution is 9.10. The van der Waals surface area contributed by atoms with Crippen LogP contribution in [0.25, 0.3) is 0 Å². The molecule has 0 heterocycles. The van der Waals surface area contributed by atoms with E-state index in [9.17, 15) is 8.42 Å². The molecule has 1 rings (SSSR count). The average Bonchev–Trinajstić information content (AvgIpc) is 2.35. The molecule has 0 bridgehead atoms. The van der Waals surface area contributed by atoms with Gasteiger partial charge >= 0.3 is 0 Å². The Labute approximate surface area is 124 Å². The summed E-state index contributed by atoms with van der Waals surface area (Å²) in [5.41, 5.74) is 0.952. The van der Waals surface area contributed by atoms with Gasteiger partial charge in [0.1, 0.15) is 0 Å². The van der Waals surface area contributed by atoms with Gasteiger partial charge in [-0.1, -0.05) is 35.0 Å². The van der Waals surface area contributed by atoms with E-state index in [0.29, 0.717) is 6.54 Å². The van der Waals surface area contributed by atoms with Crippen LogP contribution in [0.3, 0.4) is 0 Å². The van der Waals surface area contributed by atoms with Gasteiger partial charge in [0.15, 0.2) is 0 Å². The second kappa shape index (κ2) is 7.99. The predicted molar refractivity (Wildman–Crippen MR) is 82.6 cm³/mol. The molecule has 0 aliphatic heterocycles. The van der Waals surface area contributed by atoms with Crippen LogP contribution >= 0.6 is 15.9 Å². The van der Waals surface area contributed by atoms with E-state index in [2.05, 4.69) is 32.9 Å². The van der Waals surface area contributed by atoms with Gasteiger partial charge in [0.2, 0.25) is 10.0 Å². The summed E-state index contributed by atoms with van der Waals surface area (Å²) < 4.78 is 27.4. The summed E-state index contributed by atoms with van der Waals surface area (Å²) in [5.74, 6) is 0.105. The van der Waals surface area contributed by atoms with E-state index in [1.807, 2.05) is 31.2 Å². The zero-order valence-electron chi connectivity index (χ0n) is 11.3. The molecule has 0 saturated heterocycles. The van der Waals surface area contributed by atoms with Gasteiger partial charge in [-0.25, -0.2) is 13.1 Å². The van der Waals surface area contributed by atoms with Crippen molar-refractivity contribution in [2.45, 2.75) is 26.3 Å². The van der Waals surface area contributed by atoms with Crippen molar-refractivity contribution in [2.75, 3.05) is 18.8 Å². The summed E-state index contributed by atoms with van der Waals surface area (Å²) in [5, 5.41) is 3.09. The molecule has 19 heavy (non-hydrogen) atoms. The molecule has 0 fully saturated rings. The molecule has 1 aromatic carbocycles. The summed E-state index contributed by atoms with van der Waals surface area (Å²) >= 11 is 3.36. The highest BCUT2D eigenvalue weighted by atomic mass is 79.9. The molecule has 0 radical (unpaired) electrons. The van der Waals surface area contributed by atoms with E-state index in [1.165, 1.54) is 0 Å². The number of benzene rings is 1. The smallest absolute Gasteiger partial charge is 0.213 e. The second-order valence-electron chi connectivity index (χ2n) is 4.46. The van der Waals surface area contributed by atoms with Crippen molar-refractivity contribution in [1.29, 1.82) is 0 Å². The first-order valence-electron chi connectivity index (χ1n) is 6.41. The van der Waals surface area contributed by atoms with E-state index in [0.717, 1.165) is 23.0 Å². The maximum atomic E-state index is 11.9. The molecule has 0 aromatic heterocycles. The first-order valence-corrected chi connectivity index (χ1v) is 8.85. The molecule has 108 valence electrons. The Morgan fingerprint density at radius 3 is 2.42 bits per heavy atom. The molecule has 0 amide bonds. The van der Waals surface area contributed by atoms with Crippen molar-refractivity contribution in [3.05, 3.63) is 34.3 Å². The van der Waals surface area contributed by atoms with E-state index >= 15 is 0 Å². The number of halogens is 1. The largest absolute Gasteiger partial charge is 0.316 e. The van der Waals surface area contributed by atoms with Crippen LogP contribution < -0.4 is 10.0 Å². The molecule has 4 nitrogen and oxygen atoms in total. The zero-order valence-corrected chi connectivity index (χ0v) is 13.7. The third kappa shape index (κ3) is 6.51. The first-order chi connectivity index (χ1) is 8.94.